The fourth-order valence-corrected chi connectivity index (χ4v) is 3.59. The van der Waals surface area contributed by atoms with Gasteiger partial charge in [-0.15, -0.1) is 0 Å². The minimum absolute atomic E-state index is 0.114. The van der Waals surface area contributed by atoms with Gasteiger partial charge in [0.05, 0.1) is 17.4 Å². The Bertz CT molecular complexity index is 1670. The zero-order chi connectivity index (χ0) is 30.7. The number of aliphatic hydroxyl groups excluding tert-OH is 1. The molecule has 0 fully saturated rings. The molecule has 2 aromatic carbocycles. The van der Waals surface area contributed by atoms with Crippen LogP contribution >= 0.6 is 0 Å². The van der Waals surface area contributed by atoms with Crippen molar-refractivity contribution in [1.82, 2.24) is 14.4 Å². The number of nitrogen functional groups attached to an aromatic ring is 1. The molecule has 15 heteroatoms. The van der Waals surface area contributed by atoms with Crippen molar-refractivity contribution in [3.8, 4) is 11.3 Å². The molecule has 0 aliphatic rings. The highest BCUT2D eigenvalue weighted by atomic mass is 19.4. The zero-order valence-corrected chi connectivity index (χ0v) is 18.4. The van der Waals surface area contributed by atoms with E-state index in [0.717, 1.165) is 18.2 Å². The lowest BCUT2D eigenvalue weighted by molar-refractivity contribution is -0.142. The second-order valence-corrected chi connectivity index (χ2v) is 7.80. The smallest absolute Gasteiger partial charge is 0.382 e. The van der Waals surface area contributed by atoms with Crippen LogP contribution in [0.15, 0.2) is 42.6 Å². The van der Waals surface area contributed by atoms with Crippen molar-refractivity contribution in [3.63, 3.8) is 0 Å². The van der Waals surface area contributed by atoms with Crippen molar-refractivity contribution >= 4 is 22.9 Å². The van der Waals surface area contributed by atoms with Crippen LogP contribution in [0.25, 0.3) is 16.8 Å². The third-order valence-corrected chi connectivity index (χ3v) is 5.35. The van der Waals surface area contributed by atoms with Crippen LogP contribution in [0.4, 0.5) is 46.6 Å². The predicted octanol–water partition coefficient (Wildman–Crippen LogP) is 5.27. The number of amides is 1. The highest BCUT2D eigenvalue weighted by molar-refractivity contribution is 5.95. The highest BCUT2D eigenvalue weighted by Gasteiger charge is 2.36. The van der Waals surface area contributed by atoms with Crippen molar-refractivity contribution in [2.24, 2.45) is 0 Å². The maximum atomic E-state index is 15.2. The van der Waals surface area contributed by atoms with E-state index in [1.165, 1.54) is 0 Å². The number of anilines is 2. The largest absolute Gasteiger partial charge is 0.433 e. The van der Waals surface area contributed by atoms with Gasteiger partial charge in [0.2, 0.25) is 0 Å². The molecule has 7 nitrogen and oxygen atoms in total. The number of aryl methyl sites for hydroxylation is 1. The Morgan fingerprint density at radius 2 is 1.82 bits per heavy atom. The van der Waals surface area contributed by atoms with Crippen molar-refractivity contribution < 1.29 is 49.1 Å². The monoisotopic (exact) mass is 548 g/mol. The number of benzene rings is 2. The molecule has 0 saturated carbocycles. The Hall–Kier alpha value is -4.27. The first kappa shape index (κ1) is 22.9. The van der Waals surface area contributed by atoms with Gasteiger partial charge in [0.15, 0.2) is 17.7 Å². The van der Waals surface area contributed by atoms with Crippen molar-refractivity contribution in [3.05, 3.63) is 76.9 Å². The Balaban J connectivity index is 1.77. The van der Waals surface area contributed by atoms with Crippen molar-refractivity contribution in [1.29, 1.82) is 0 Å². The average molecular weight is 548 g/mol. The first-order valence-corrected chi connectivity index (χ1v) is 10.2. The van der Waals surface area contributed by atoms with Gasteiger partial charge in [-0.2, -0.15) is 26.3 Å². The summed E-state index contributed by atoms with van der Waals surface area (Å²) in [5.74, 6) is -6.95. The second kappa shape index (κ2) is 9.24. The first-order valence-electron chi connectivity index (χ1n) is 11.7. The molecule has 0 aliphatic heterocycles. The lowest BCUT2D eigenvalue weighted by Crippen LogP contribution is -2.22. The number of halogens is 8. The van der Waals surface area contributed by atoms with E-state index in [1.807, 2.05) is 0 Å². The molecule has 0 saturated heterocycles. The molecule has 2 aromatic heterocycles. The summed E-state index contributed by atoms with van der Waals surface area (Å²) in [5, 5.41) is 12.0. The molecule has 2 heterocycles. The summed E-state index contributed by atoms with van der Waals surface area (Å²) in [7, 11) is 0. The molecular formula is C23H15F8N5O2. The van der Waals surface area contributed by atoms with Gasteiger partial charge in [0.25, 0.3) is 5.91 Å². The summed E-state index contributed by atoms with van der Waals surface area (Å²) in [4.78, 5) is 19.4. The molecule has 0 bridgehead atoms. The van der Waals surface area contributed by atoms with Crippen LogP contribution in [-0.2, 0) is 17.1 Å². The number of carbonyl (C=O) groups excluding carboxylic acids is 1. The number of nitrogens with two attached hydrogens (primary N) is 1. The summed E-state index contributed by atoms with van der Waals surface area (Å²) in [6.45, 7) is -3.28. The van der Waals surface area contributed by atoms with Crippen LogP contribution in [0.2, 0.25) is 0 Å². The third-order valence-electron chi connectivity index (χ3n) is 5.35. The number of aromatic nitrogens is 3. The molecule has 4 rings (SSSR count). The van der Waals surface area contributed by atoms with Crippen LogP contribution in [0, 0.1) is 18.5 Å². The molecule has 0 aliphatic carbocycles. The zero-order valence-electron chi connectivity index (χ0n) is 21.4. The number of nitrogens with zero attached hydrogens (tertiary/aromatic N) is 3. The van der Waals surface area contributed by atoms with Crippen LogP contribution in [-0.4, -0.2) is 25.4 Å². The Morgan fingerprint density at radius 3 is 2.45 bits per heavy atom. The molecular weight excluding hydrogens is 530 g/mol. The number of aliphatic hydroxyl groups is 1. The maximum Gasteiger partial charge on any atom is 0.433 e. The van der Waals surface area contributed by atoms with Crippen LogP contribution < -0.4 is 11.1 Å². The van der Waals surface area contributed by atoms with Crippen LogP contribution in [0.1, 0.15) is 32.9 Å². The van der Waals surface area contributed by atoms with Crippen LogP contribution in [0.5, 0.6) is 0 Å². The van der Waals surface area contributed by atoms with Gasteiger partial charge in [-0.3, -0.25) is 9.20 Å². The minimum Gasteiger partial charge on any atom is -0.382 e. The fourth-order valence-electron chi connectivity index (χ4n) is 3.59. The van der Waals surface area contributed by atoms with Crippen molar-refractivity contribution in [2.75, 3.05) is 11.1 Å². The van der Waals surface area contributed by atoms with Crippen LogP contribution in [0.3, 0.4) is 0 Å². The fraction of sp³-hybridized carbons (Fsp3) is 0.174. The van der Waals surface area contributed by atoms with Gasteiger partial charge in [0, 0.05) is 9.68 Å². The SMILES string of the molecule is [2H]C([2H])([2H])c1nc(-c2ccc(NC(=O)C(O)c3cccc(C(F)(F)F)c3)c(F)c2F)c2c(N)ncc(C(F)(F)F)n12. The van der Waals surface area contributed by atoms with E-state index in [-0.39, 0.29) is 10.6 Å². The third kappa shape index (κ3) is 4.71. The summed E-state index contributed by atoms with van der Waals surface area (Å²) < 4.78 is 133. The molecule has 38 heavy (non-hydrogen) atoms. The summed E-state index contributed by atoms with van der Waals surface area (Å²) in [5.41, 5.74) is -1.01. The van der Waals surface area contributed by atoms with Gasteiger partial charge in [0.1, 0.15) is 28.5 Å². The van der Waals surface area contributed by atoms with E-state index in [0.29, 0.717) is 18.2 Å². The second-order valence-electron chi connectivity index (χ2n) is 7.80. The molecule has 0 radical (unpaired) electrons. The van der Waals surface area contributed by atoms with E-state index >= 15 is 8.78 Å². The Labute approximate surface area is 211 Å². The lowest BCUT2D eigenvalue weighted by atomic mass is 10.0. The van der Waals surface area contributed by atoms with E-state index in [9.17, 15) is 36.2 Å². The number of alkyl halides is 6. The molecule has 1 amide bonds. The standard InChI is InChI=1S/C23H15F8N5O2/c1-9-34-17(18-20(32)33-8-14(36(9)18)23(29,30)31)12-5-6-13(16(25)15(12)24)35-21(38)19(37)10-3-2-4-11(7-10)22(26,27)28/h2-8,19,37H,1H3,(H2,32,33)(H,35,38)/i1D3. The van der Waals surface area contributed by atoms with Crippen molar-refractivity contribution in [2.45, 2.75) is 25.3 Å². The number of fused-ring (bicyclic) bond motifs is 1. The molecule has 200 valence electrons. The molecule has 1 atom stereocenters. The quantitative estimate of drug-likeness (QED) is 0.301. The summed E-state index contributed by atoms with van der Waals surface area (Å²) in [6.07, 6.45) is -12.0. The Morgan fingerprint density at radius 1 is 1.11 bits per heavy atom. The number of hydrogen-bond acceptors (Lipinski definition) is 5. The van der Waals surface area contributed by atoms with Gasteiger partial charge >= 0.3 is 12.4 Å². The number of imidazole rings is 1. The molecule has 4 N–H and O–H groups in total. The van der Waals surface area contributed by atoms with E-state index in [1.54, 1.807) is 5.32 Å². The number of nitrogens with one attached hydrogen (secondary N) is 1. The Kier molecular flexibility index (Phi) is 5.56. The predicted molar refractivity (Wildman–Crippen MR) is 118 cm³/mol. The van der Waals surface area contributed by atoms with Gasteiger partial charge in [-0.1, -0.05) is 12.1 Å². The number of carbonyl (C=O) groups is 1. The number of rotatable bonds is 4. The summed E-state index contributed by atoms with van der Waals surface area (Å²) in [6, 6.07) is 4.50. The lowest BCUT2D eigenvalue weighted by Gasteiger charge is -2.15. The number of hydrogen-bond donors (Lipinski definition) is 3. The average Bonchev–Trinajstić information content (AvgIpc) is 3.27. The molecule has 4 aromatic rings. The highest BCUT2D eigenvalue weighted by Crippen LogP contribution is 2.37. The topological polar surface area (TPSA) is 106 Å². The normalized spacial score (nSPS) is 14.6. The molecule has 0 spiro atoms. The molecule has 1 unspecified atom stereocenters. The van der Waals surface area contributed by atoms with E-state index in [4.69, 9.17) is 9.85 Å². The van der Waals surface area contributed by atoms with E-state index in [2.05, 4.69) is 9.97 Å². The minimum atomic E-state index is -5.16. The van der Waals surface area contributed by atoms with E-state index < -0.39 is 93.8 Å². The van der Waals surface area contributed by atoms with Gasteiger partial charge in [-0.25, -0.2) is 18.7 Å². The van der Waals surface area contributed by atoms with Gasteiger partial charge in [-0.05, 0) is 36.7 Å². The summed E-state index contributed by atoms with van der Waals surface area (Å²) >= 11 is 0. The van der Waals surface area contributed by atoms with Gasteiger partial charge < -0.3 is 16.2 Å². The first-order chi connectivity index (χ1) is 18.8. The maximum absolute atomic E-state index is 15.2.